The number of carbonyl (C=O) groups is 1. The number of nitrogens with zero attached hydrogens (tertiary/aromatic N) is 3. The molecule has 0 saturated carbocycles. The van der Waals surface area contributed by atoms with Crippen molar-refractivity contribution in [3.63, 3.8) is 0 Å². The van der Waals surface area contributed by atoms with Crippen molar-refractivity contribution in [1.29, 1.82) is 0 Å². The summed E-state index contributed by atoms with van der Waals surface area (Å²) in [5.74, 6) is -0.792. The van der Waals surface area contributed by atoms with Crippen LogP contribution in [0.3, 0.4) is 0 Å². The van der Waals surface area contributed by atoms with Gasteiger partial charge in [-0.2, -0.15) is 0 Å². The number of halogens is 2. The lowest BCUT2D eigenvalue weighted by Crippen LogP contribution is -2.25. The Hall–Kier alpha value is -3.70. The number of rotatable bonds is 8. The maximum atomic E-state index is 13.5. The molecule has 0 aliphatic rings. The molecule has 5 rings (SSSR count). The van der Waals surface area contributed by atoms with E-state index in [0.717, 1.165) is 38.6 Å². The summed E-state index contributed by atoms with van der Waals surface area (Å²) in [5, 5.41) is 0.392. The fourth-order valence-corrected chi connectivity index (χ4v) is 7.28. The lowest BCUT2D eigenvalue weighted by Gasteiger charge is -2.20. The Morgan fingerprint density at radius 2 is 1.76 bits per heavy atom. The number of pyridine rings is 1. The van der Waals surface area contributed by atoms with Crippen LogP contribution in [0.25, 0.3) is 21.5 Å². The number of carbonyl (C=O) groups excluding carboxylic acids is 1. The molecule has 2 heterocycles. The second-order valence-corrected chi connectivity index (χ2v) is 12.6. The molecular weight excluding hydrogens is 605 g/mol. The van der Waals surface area contributed by atoms with Gasteiger partial charge in [0.2, 0.25) is 20.6 Å². The molecule has 5 aromatic rings. The van der Waals surface area contributed by atoms with Crippen LogP contribution in [-0.2, 0) is 21.3 Å². The first kappa shape index (κ1) is 28.8. The molecule has 210 valence electrons. The van der Waals surface area contributed by atoms with E-state index in [1.165, 1.54) is 24.4 Å². The molecule has 0 radical (unpaired) electrons. The zero-order valence-electron chi connectivity index (χ0n) is 21.9. The van der Waals surface area contributed by atoms with Gasteiger partial charge in [0.05, 0.1) is 23.6 Å². The van der Waals surface area contributed by atoms with Crippen LogP contribution in [0.5, 0.6) is 0 Å². The number of ether oxygens (including phenoxy) is 1. The van der Waals surface area contributed by atoms with Gasteiger partial charge < -0.3 is 9.30 Å². The van der Waals surface area contributed by atoms with Gasteiger partial charge in [-0.1, -0.05) is 89.1 Å². The van der Waals surface area contributed by atoms with Gasteiger partial charge in [-0.05, 0) is 41.8 Å². The summed E-state index contributed by atoms with van der Waals surface area (Å²) in [6.45, 7) is 1.98. The van der Waals surface area contributed by atoms with Crippen LogP contribution in [0.1, 0.15) is 22.8 Å². The summed E-state index contributed by atoms with van der Waals surface area (Å²) in [6, 6.07) is 22.0. The third kappa shape index (κ3) is 5.87. The van der Waals surface area contributed by atoms with Gasteiger partial charge in [-0.3, -0.25) is 4.79 Å². The Labute approximate surface area is 250 Å². The van der Waals surface area contributed by atoms with E-state index in [0.29, 0.717) is 9.85 Å². The van der Waals surface area contributed by atoms with Crippen LogP contribution in [-0.4, -0.2) is 36.8 Å². The molecule has 0 spiro atoms. The monoisotopic (exact) mass is 627 g/mol. The lowest BCUT2D eigenvalue weighted by molar-refractivity contribution is 0.0524. The molecule has 0 fully saturated rings. The molecule has 8 nitrogen and oxygen atoms in total. The normalized spacial score (nSPS) is 11.5. The molecule has 0 aliphatic carbocycles. The van der Waals surface area contributed by atoms with Crippen molar-refractivity contribution in [2.75, 3.05) is 17.2 Å². The molecule has 0 N–H and O–H groups in total. The summed E-state index contributed by atoms with van der Waals surface area (Å²) >= 11 is 13.4. The van der Waals surface area contributed by atoms with E-state index in [1.807, 2.05) is 54.6 Å². The van der Waals surface area contributed by atoms with Gasteiger partial charge in [-0.15, -0.1) is 0 Å². The van der Waals surface area contributed by atoms with E-state index in [9.17, 15) is 18.0 Å². The molecule has 0 atom stereocenters. The highest BCUT2D eigenvalue weighted by Gasteiger charge is 2.28. The van der Waals surface area contributed by atoms with Crippen molar-refractivity contribution in [3.05, 3.63) is 110 Å². The van der Waals surface area contributed by atoms with E-state index in [2.05, 4.69) is 4.98 Å². The Balaban J connectivity index is 1.74. The number of aromatic nitrogens is 2. The number of benzene rings is 3. The third-order valence-corrected chi connectivity index (χ3v) is 8.94. The molecule has 0 saturated heterocycles. The Bertz CT molecular complexity index is 1940. The van der Waals surface area contributed by atoms with Crippen molar-refractivity contribution in [3.8, 4) is 11.1 Å². The molecule has 0 bridgehead atoms. The Morgan fingerprint density at radius 1 is 1.05 bits per heavy atom. The molecule has 0 aliphatic heterocycles. The van der Waals surface area contributed by atoms with E-state index < -0.39 is 21.4 Å². The molecular formula is C29H23Cl2N3O5S2. The maximum absolute atomic E-state index is 13.5. The second kappa shape index (κ2) is 11.7. The molecule has 0 unspecified atom stereocenters. The van der Waals surface area contributed by atoms with Crippen molar-refractivity contribution in [2.24, 2.45) is 0 Å². The van der Waals surface area contributed by atoms with Crippen molar-refractivity contribution in [2.45, 2.75) is 13.5 Å². The van der Waals surface area contributed by atoms with E-state index >= 15 is 0 Å². The van der Waals surface area contributed by atoms with Crippen LogP contribution in [0.15, 0.2) is 83.8 Å². The first-order valence-corrected chi connectivity index (χ1v) is 15.8. The minimum absolute atomic E-state index is 0.0186. The zero-order chi connectivity index (χ0) is 29.3. The molecule has 2 aromatic heterocycles. The quantitative estimate of drug-likeness (QED) is 0.176. The predicted octanol–water partition coefficient (Wildman–Crippen LogP) is 6.75. The zero-order valence-corrected chi connectivity index (χ0v) is 25.0. The van der Waals surface area contributed by atoms with Gasteiger partial charge in [0.1, 0.15) is 15.9 Å². The first-order valence-electron chi connectivity index (χ1n) is 12.4. The van der Waals surface area contributed by atoms with Gasteiger partial charge >= 0.3 is 5.97 Å². The van der Waals surface area contributed by atoms with Crippen LogP contribution >= 0.6 is 34.5 Å². The highest BCUT2D eigenvalue weighted by atomic mass is 35.5. The first-order chi connectivity index (χ1) is 19.6. The summed E-state index contributed by atoms with van der Waals surface area (Å²) in [4.78, 5) is 31.1. The van der Waals surface area contributed by atoms with Gasteiger partial charge in [0, 0.05) is 17.8 Å². The summed E-state index contributed by atoms with van der Waals surface area (Å²) in [5.41, 5.74) is 2.06. The number of hydrogen-bond acceptors (Lipinski definition) is 7. The summed E-state index contributed by atoms with van der Waals surface area (Å²) in [7, 11) is -3.97. The molecule has 0 amide bonds. The van der Waals surface area contributed by atoms with Crippen LogP contribution in [0, 0.1) is 0 Å². The fourth-order valence-electron chi connectivity index (χ4n) is 4.41. The number of hydrogen-bond donors (Lipinski definition) is 0. The summed E-state index contributed by atoms with van der Waals surface area (Å²) < 4.78 is 33.8. The molecule has 41 heavy (non-hydrogen) atoms. The van der Waals surface area contributed by atoms with Crippen LogP contribution in [0.2, 0.25) is 10.0 Å². The van der Waals surface area contributed by atoms with Gasteiger partial charge in [0.25, 0.3) is 0 Å². The number of esters is 1. The highest BCUT2D eigenvalue weighted by molar-refractivity contribution is 7.92. The Morgan fingerprint density at radius 3 is 2.44 bits per heavy atom. The largest absolute Gasteiger partial charge is 0.462 e. The average molecular weight is 629 g/mol. The maximum Gasteiger partial charge on any atom is 0.343 e. The number of anilines is 2. The Kier molecular flexibility index (Phi) is 8.19. The SMILES string of the molecule is CCOC(=O)c1cn(Cc2ccccc2-c2ccccc2)c2sc(N(c3ccc(Cl)cc3Cl)S(C)(=O)=O)nc2c1=O. The van der Waals surface area contributed by atoms with Gasteiger partial charge in [0.15, 0.2) is 0 Å². The molecule has 3 aromatic carbocycles. The lowest BCUT2D eigenvalue weighted by atomic mass is 9.99. The van der Waals surface area contributed by atoms with E-state index in [-0.39, 0.29) is 40.1 Å². The number of thiazole rings is 1. The molecule has 12 heteroatoms. The van der Waals surface area contributed by atoms with Crippen molar-refractivity contribution >= 4 is 71.7 Å². The number of fused-ring (bicyclic) bond motifs is 1. The standard InChI is InChI=1S/C29H23Cl2N3O5S2/c1-3-39-28(36)22-17-33(16-19-11-7-8-12-21(19)18-9-5-4-6-10-18)27-25(26(22)35)32-29(40-27)34(41(2,37)38)24-14-13-20(30)15-23(24)31/h4-15,17H,3,16H2,1-2H3. The smallest absolute Gasteiger partial charge is 0.343 e. The topological polar surface area (TPSA) is 98.6 Å². The predicted molar refractivity (Wildman–Crippen MR) is 164 cm³/mol. The van der Waals surface area contributed by atoms with Crippen LogP contribution < -0.4 is 9.73 Å². The van der Waals surface area contributed by atoms with Crippen molar-refractivity contribution < 1.29 is 17.9 Å². The highest BCUT2D eigenvalue weighted by Crippen LogP contribution is 2.39. The second-order valence-electron chi connectivity index (χ2n) is 9.02. The van der Waals surface area contributed by atoms with Gasteiger partial charge in [-0.25, -0.2) is 22.5 Å². The van der Waals surface area contributed by atoms with E-state index in [4.69, 9.17) is 27.9 Å². The third-order valence-electron chi connectivity index (χ3n) is 6.18. The van der Waals surface area contributed by atoms with Crippen molar-refractivity contribution in [1.82, 2.24) is 9.55 Å². The fraction of sp³-hybridized carbons (Fsp3) is 0.138. The van der Waals surface area contributed by atoms with Crippen LogP contribution in [0.4, 0.5) is 10.8 Å². The minimum Gasteiger partial charge on any atom is -0.462 e. The van der Waals surface area contributed by atoms with E-state index in [1.54, 1.807) is 11.5 Å². The minimum atomic E-state index is -3.97. The summed E-state index contributed by atoms with van der Waals surface area (Å²) in [6.07, 6.45) is 2.45. The number of sulfonamides is 1. The average Bonchev–Trinajstić information content (AvgIpc) is 3.37.